The molecule has 2 heterocycles. The lowest BCUT2D eigenvalue weighted by molar-refractivity contribution is -0.132. The minimum Gasteiger partial charge on any atom is -0.335 e. The third-order valence-electron chi connectivity index (χ3n) is 5.48. The molecule has 1 saturated carbocycles. The van der Waals surface area contributed by atoms with E-state index >= 15 is 0 Å². The normalized spacial score (nSPS) is 21.8. The first-order chi connectivity index (χ1) is 11.7. The fourth-order valence-corrected chi connectivity index (χ4v) is 5.51. The maximum absolute atomic E-state index is 12.9. The van der Waals surface area contributed by atoms with Crippen molar-refractivity contribution in [3.8, 4) is 0 Å². The summed E-state index contributed by atoms with van der Waals surface area (Å²) in [5, 5.41) is 7.77. The fourth-order valence-electron chi connectivity index (χ4n) is 3.83. The van der Waals surface area contributed by atoms with Gasteiger partial charge in [0, 0.05) is 24.8 Å². The molecule has 1 N–H and O–H groups in total. The first-order valence-corrected chi connectivity index (χ1v) is 11.4. The van der Waals surface area contributed by atoms with Crippen molar-refractivity contribution < 1.29 is 4.79 Å². The second-order valence-electron chi connectivity index (χ2n) is 7.20. The molecule has 1 unspecified atom stereocenters. The van der Waals surface area contributed by atoms with Crippen LogP contribution in [0.15, 0.2) is 16.8 Å². The smallest absolute Gasteiger partial charge is 0.223 e. The van der Waals surface area contributed by atoms with Gasteiger partial charge in [0.2, 0.25) is 5.91 Å². The van der Waals surface area contributed by atoms with E-state index in [9.17, 15) is 4.79 Å². The van der Waals surface area contributed by atoms with E-state index < -0.39 is 0 Å². The molecule has 1 aliphatic heterocycles. The van der Waals surface area contributed by atoms with Gasteiger partial charge in [-0.05, 0) is 72.3 Å². The van der Waals surface area contributed by atoms with Crippen LogP contribution in [-0.2, 0) is 11.3 Å². The summed E-state index contributed by atoms with van der Waals surface area (Å²) in [7, 11) is 0. The molecule has 3 rings (SSSR count). The molecule has 1 atom stereocenters. The molecule has 2 fully saturated rings. The van der Waals surface area contributed by atoms with Gasteiger partial charge in [-0.15, -0.1) is 0 Å². The zero-order valence-corrected chi connectivity index (χ0v) is 16.4. The standard InChI is InChI=1S/C19H30N2OS2/c1-2-3-10-23-12-5-18(22)21(14-16-4-11-24-15-16)17-13-19(17)6-8-20-9-7-19/h4,11,15,17,20H,2-3,5-10,12-14H2,1H3. The monoisotopic (exact) mass is 366 g/mol. The Morgan fingerprint density at radius 2 is 2.25 bits per heavy atom. The molecule has 0 bridgehead atoms. The van der Waals surface area contributed by atoms with Crippen LogP contribution in [-0.4, -0.2) is 41.4 Å². The molecule has 2 aliphatic rings. The lowest BCUT2D eigenvalue weighted by Crippen LogP contribution is -2.39. The highest BCUT2D eigenvalue weighted by Gasteiger charge is 2.57. The Morgan fingerprint density at radius 1 is 1.42 bits per heavy atom. The number of thioether (sulfide) groups is 1. The molecule has 134 valence electrons. The molecule has 0 radical (unpaired) electrons. The summed E-state index contributed by atoms with van der Waals surface area (Å²) in [6, 6.07) is 2.64. The number of unbranched alkanes of at least 4 members (excludes halogenated alkanes) is 1. The van der Waals surface area contributed by atoms with Crippen LogP contribution in [0.25, 0.3) is 0 Å². The molecule has 24 heavy (non-hydrogen) atoms. The van der Waals surface area contributed by atoms with Crippen LogP contribution in [0.4, 0.5) is 0 Å². The first-order valence-electron chi connectivity index (χ1n) is 9.34. The summed E-state index contributed by atoms with van der Waals surface area (Å²) < 4.78 is 0. The van der Waals surface area contributed by atoms with E-state index in [1.165, 1.54) is 43.4 Å². The summed E-state index contributed by atoms with van der Waals surface area (Å²) in [5.41, 5.74) is 1.72. The Bertz CT molecular complexity index is 511. The second-order valence-corrected chi connectivity index (χ2v) is 9.21. The lowest BCUT2D eigenvalue weighted by atomic mass is 9.93. The van der Waals surface area contributed by atoms with E-state index in [1.54, 1.807) is 11.3 Å². The Hall–Kier alpha value is -0.520. The van der Waals surface area contributed by atoms with Crippen molar-refractivity contribution in [2.45, 2.75) is 58.0 Å². The average molecular weight is 367 g/mol. The quantitative estimate of drug-likeness (QED) is 0.667. The third-order valence-corrected chi connectivity index (χ3v) is 7.28. The lowest BCUT2D eigenvalue weighted by Gasteiger charge is -2.29. The van der Waals surface area contributed by atoms with Crippen LogP contribution in [0.5, 0.6) is 0 Å². The van der Waals surface area contributed by atoms with E-state index in [1.807, 2.05) is 11.8 Å². The van der Waals surface area contributed by atoms with Gasteiger partial charge in [0.15, 0.2) is 0 Å². The van der Waals surface area contributed by atoms with E-state index in [4.69, 9.17) is 0 Å². The largest absolute Gasteiger partial charge is 0.335 e. The van der Waals surface area contributed by atoms with Gasteiger partial charge in [-0.3, -0.25) is 4.79 Å². The van der Waals surface area contributed by atoms with Gasteiger partial charge in [-0.2, -0.15) is 23.1 Å². The molecule has 1 aromatic rings. The summed E-state index contributed by atoms with van der Waals surface area (Å²) in [6.07, 6.45) is 6.88. The Labute approximate surface area is 154 Å². The van der Waals surface area contributed by atoms with Crippen molar-refractivity contribution in [1.29, 1.82) is 0 Å². The molecule has 5 heteroatoms. The average Bonchev–Trinajstić information content (AvgIpc) is 3.03. The van der Waals surface area contributed by atoms with Crippen molar-refractivity contribution in [3.63, 3.8) is 0 Å². The number of hydrogen-bond acceptors (Lipinski definition) is 4. The second kappa shape index (κ2) is 8.72. The van der Waals surface area contributed by atoms with E-state index in [-0.39, 0.29) is 0 Å². The number of carbonyl (C=O) groups excluding carboxylic acids is 1. The number of rotatable bonds is 9. The predicted octanol–water partition coefficient (Wildman–Crippen LogP) is 4.14. The number of thiophene rings is 1. The highest BCUT2D eigenvalue weighted by Crippen LogP contribution is 2.56. The molecule has 3 nitrogen and oxygen atoms in total. The number of carbonyl (C=O) groups is 1. The van der Waals surface area contributed by atoms with Crippen LogP contribution in [0.3, 0.4) is 0 Å². The number of amides is 1. The maximum atomic E-state index is 12.9. The number of nitrogens with zero attached hydrogens (tertiary/aromatic N) is 1. The summed E-state index contributed by atoms with van der Waals surface area (Å²) in [5.74, 6) is 2.53. The minimum absolute atomic E-state index is 0.366. The molecular weight excluding hydrogens is 336 g/mol. The maximum Gasteiger partial charge on any atom is 0.223 e. The van der Waals surface area contributed by atoms with Crippen molar-refractivity contribution in [1.82, 2.24) is 10.2 Å². The Morgan fingerprint density at radius 3 is 2.96 bits per heavy atom. The van der Waals surface area contributed by atoms with Crippen molar-refractivity contribution in [2.75, 3.05) is 24.6 Å². The SMILES string of the molecule is CCCCSCCC(=O)N(Cc1ccsc1)C1CC12CCNCC2. The van der Waals surface area contributed by atoms with Gasteiger partial charge in [0.25, 0.3) is 0 Å². The van der Waals surface area contributed by atoms with Gasteiger partial charge >= 0.3 is 0 Å². The fraction of sp³-hybridized carbons (Fsp3) is 0.737. The van der Waals surface area contributed by atoms with Crippen molar-refractivity contribution in [3.05, 3.63) is 22.4 Å². The van der Waals surface area contributed by atoms with Gasteiger partial charge in [-0.25, -0.2) is 0 Å². The topological polar surface area (TPSA) is 32.3 Å². The van der Waals surface area contributed by atoms with Crippen LogP contribution in [0, 0.1) is 5.41 Å². The van der Waals surface area contributed by atoms with Gasteiger partial charge in [-0.1, -0.05) is 13.3 Å². The minimum atomic E-state index is 0.366. The molecule has 1 amide bonds. The van der Waals surface area contributed by atoms with E-state index in [0.717, 1.165) is 25.4 Å². The summed E-state index contributed by atoms with van der Waals surface area (Å²) in [6.45, 7) is 5.26. The predicted molar refractivity (Wildman–Crippen MR) is 105 cm³/mol. The molecule has 1 aliphatic carbocycles. The zero-order chi connectivity index (χ0) is 16.8. The summed E-state index contributed by atoms with van der Waals surface area (Å²) in [4.78, 5) is 15.1. The zero-order valence-electron chi connectivity index (χ0n) is 14.8. The molecule has 1 spiro atoms. The van der Waals surface area contributed by atoms with Crippen LogP contribution >= 0.6 is 23.1 Å². The van der Waals surface area contributed by atoms with Crippen molar-refractivity contribution in [2.24, 2.45) is 5.41 Å². The van der Waals surface area contributed by atoms with Gasteiger partial charge in [0.05, 0.1) is 0 Å². The number of nitrogens with one attached hydrogen (secondary N) is 1. The number of piperidine rings is 1. The van der Waals surface area contributed by atoms with E-state index in [0.29, 0.717) is 23.8 Å². The van der Waals surface area contributed by atoms with Crippen LogP contribution < -0.4 is 5.32 Å². The van der Waals surface area contributed by atoms with Crippen molar-refractivity contribution >= 4 is 29.0 Å². The Balaban J connectivity index is 1.57. The van der Waals surface area contributed by atoms with Gasteiger partial charge < -0.3 is 10.2 Å². The molecule has 0 aromatic carbocycles. The van der Waals surface area contributed by atoms with Gasteiger partial charge in [0.1, 0.15) is 0 Å². The molecule has 1 aromatic heterocycles. The van der Waals surface area contributed by atoms with E-state index in [2.05, 4.69) is 34.0 Å². The third kappa shape index (κ3) is 4.55. The number of hydrogen-bond donors (Lipinski definition) is 1. The highest BCUT2D eigenvalue weighted by atomic mass is 32.2. The van der Waals surface area contributed by atoms with Crippen LogP contribution in [0.1, 0.15) is 51.0 Å². The molecular formula is C19H30N2OS2. The summed E-state index contributed by atoms with van der Waals surface area (Å²) >= 11 is 3.66. The molecule has 1 saturated heterocycles. The first kappa shape index (κ1) is 18.3. The highest BCUT2D eigenvalue weighted by molar-refractivity contribution is 7.99. The van der Waals surface area contributed by atoms with Crippen LogP contribution in [0.2, 0.25) is 0 Å². The Kier molecular flexibility index (Phi) is 6.64.